The Morgan fingerprint density at radius 3 is 2.42 bits per heavy atom. The van der Waals surface area contributed by atoms with Gasteiger partial charge in [0.05, 0.1) is 5.56 Å². The Bertz CT molecular complexity index is 762. The van der Waals surface area contributed by atoms with E-state index in [1.807, 2.05) is 32.3 Å². The number of rotatable bonds is 3. The summed E-state index contributed by atoms with van der Waals surface area (Å²) < 4.78 is 5.66. The van der Waals surface area contributed by atoms with E-state index in [4.69, 9.17) is 4.74 Å². The minimum Gasteiger partial charge on any atom is -0.449 e. The zero-order valence-corrected chi connectivity index (χ0v) is 14.2. The van der Waals surface area contributed by atoms with Crippen LogP contribution in [-0.2, 0) is 4.74 Å². The predicted molar refractivity (Wildman–Crippen MR) is 95.9 cm³/mol. The van der Waals surface area contributed by atoms with E-state index in [1.165, 1.54) is 12.8 Å². The van der Waals surface area contributed by atoms with Crippen molar-refractivity contribution in [3.8, 4) is 0 Å². The van der Waals surface area contributed by atoms with Crippen molar-refractivity contribution < 1.29 is 9.53 Å². The molecule has 0 spiro atoms. The minimum atomic E-state index is -0.295. The molecule has 2 heterocycles. The summed E-state index contributed by atoms with van der Waals surface area (Å²) in [6, 6.07) is 14.4. The Hall–Kier alpha value is -2.49. The van der Waals surface area contributed by atoms with Crippen LogP contribution in [0.15, 0.2) is 42.5 Å². The van der Waals surface area contributed by atoms with Crippen LogP contribution in [0.25, 0.3) is 0 Å². The van der Waals surface area contributed by atoms with Crippen LogP contribution >= 0.6 is 0 Å². The second kappa shape index (κ2) is 5.86. The highest BCUT2D eigenvalue weighted by atomic mass is 16.5. The van der Waals surface area contributed by atoms with Crippen molar-refractivity contribution in [3.05, 3.63) is 59.2 Å². The monoisotopic (exact) mass is 322 g/mol. The average molecular weight is 322 g/mol. The van der Waals surface area contributed by atoms with Crippen LogP contribution in [0.5, 0.6) is 0 Å². The lowest BCUT2D eigenvalue weighted by atomic mass is 9.98. The van der Waals surface area contributed by atoms with Crippen molar-refractivity contribution in [2.45, 2.75) is 18.9 Å². The van der Waals surface area contributed by atoms with Crippen molar-refractivity contribution in [1.29, 1.82) is 0 Å². The van der Waals surface area contributed by atoms with Gasteiger partial charge in [-0.25, -0.2) is 4.79 Å². The highest BCUT2D eigenvalue weighted by molar-refractivity contribution is 5.95. The topological polar surface area (TPSA) is 32.8 Å². The molecule has 2 aliphatic heterocycles. The van der Waals surface area contributed by atoms with E-state index in [2.05, 4.69) is 34.1 Å². The third-order valence-electron chi connectivity index (χ3n) is 4.95. The number of fused-ring (bicyclic) bond motifs is 1. The molecule has 1 atom stereocenters. The summed E-state index contributed by atoms with van der Waals surface area (Å²) in [5.74, 6) is -0.215. The average Bonchev–Trinajstić information content (AvgIpc) is 3.23. The van der Waals surface area contributed by atoms with Crippen LogP contribution < -0.4 is 9.80 Å². The Labute approximate surface area is 142 Å². The van der Waals surface area contributed by atoms with E-state index in [0.29, 0.717) is 5.56 Å². The standard InChI is InChI=1S/C20H22N2O2/c1-21(2)15-7-5-14(6-8-15)19-17-10-9-16(22-11-3-4-12-22)13-18(17)20(23)24-19/h5-10,13,19H,3-4,11-12H2,1-2H3. The highest BCUT2D eigenvalue weighted by Gasteiger charge is 2.33. The number of esters is 1. The van der Waals surface area contributed by atoms with Gasteiger partial charge >= 0.3 is 5.97 Å². The number of nitrogens with zero attached hydrogens (tertiary/aromatic N) is 2. The van der Waals surface area contributed by atoms with E-state index in [1.54, 1.807) is 0 Å². The van der Waals surface area contributed by atoms with Crippen molar-refractivity contribution in [2.24, 2.45) is 0 Å². The van der Waals surface area contributed by atoms with Crippen LogP contribution in [0.3, 0.4) is 0 Å². The van der Waals surface area contributed by atoms with Crippen molar-refractivity contribution >= 4 is 17.3 Å². The van der Waals surface area contributed by atoms with Gasteiger partial charge in [0.2, 0.25) is 0 Å². The van der Waals surface area contributed by atoms with E-state index in [0.717, 1.165) is 35.6 Å². The van der Waals surface area contributed by atoms with Crippen molar-refractivity contribution in [2.75, 3.05) is 37.0 Å². The molecule has 1 fully saturated rings. The third kappa shape index (κ3) is 2.52. The van der Waals surface area contributed by atoms with Crippen LogP contribution in [0.4, 0.5) is 11.4 Å². The molecule has 0 bridgehead atoms. The predicted octanol–water partition coefficient (Wildman–Crippen LogP) is 3.61. The molecule has 2 aliphatic rings. The van der Waals surface area contributed by atoms with Gasteiger partial charge in [0, 0.05) is 44.1 Å². The molecule has 2 aromatic rings. The van der Waals surface area contributed by atoms with Gasteiger partial charge in [-0.05, 0) is 42.7 Å². The fraction of sp³-hybridized carbons (Fsp3) is 0.350. The molecular formula is C20H22N2O2. The van der Waals surface area contributed by atoms with E-state index < -0.39 is 0 Å². The molecule has 0 aromatic heterocycles. The smallest absolute Gasteiger partial charge is 0.339 e. The zero-order valence-electron chi connectivity index (χ0n) is 14.2. The summed E-state index contributed by atoms with van der Waals surface area (Å²) >= 11 is 0. The maximum Gasteiger partial charge on any atom is 0.339 e. The second-order valence-corrected chi connectivity index (χ2v) is 6.74. The lowest BCUT2D eigenvalue weighted by Gasteiger charge is -2.18. The molecule has 124 valence electrons. The maximum atomic E-state index is 12.3. The number of benzene rings is 2. The van der Waals surface area contributed by atoms with Gasteiger partial charge in [0.25, 0.3) is 0 Å². The Morgan fingerprint density at radius 2 is 1.75 bits per heavy atom. The number of carbonyl (C=O) groups excluding carboxylic acids is 1. The van der Waals surface area contributed by atoms with Gasteiger partial charge in [0.15, 0.2) is 6.10 Å². The highest BCUT2D eigenvalue weighted by Crippen LogP contribution is 2.38. The first-order valence-corrected chi connectivity index (χ1v) is 8.50. The summed E-state index contributed by atoms with van der Waals surface area (Å²) in [6.07, 6.45) is 2.15. The summed E-state index contributed by atoms with van der Waals surface area (Å²) in [5, 5.41) is 0. The lowest BCUT2D eigenvalue weighted by molar-refractivity contribution is 0.0456. The summed E-state index contributed by atoms with van der Waals surface area (Å²) in [6.45, 7) is 2.15. The molecule has 0 radical (unpaired) electrons. The van der Waals surface area contributed by atoms with E-state index in [9.17, 15) is 4.79 Å². The number of ether oxygens (including phenoxy) is 1. The molecule has 2 aromatic carbocycles. The summed E-state index contributed by atoms with van der Waals surface area (Å²) in [7, 11) is 4.03. The fourth-order valence-corrected chi connectivity index (χ4v) is 3.55. The first-order chi connectivity index (χ1) is 11.6. The number of anilines is 2. The zero-order chi connectivity index (χ0) is 16.7. The summed E-state index contributed by atoms with van der Waals surface area (Å²) in [5.41, 5.74) is 4.96. The maximum absolute atomic E-state index is 12.3. The lowest BCUT2D eigenvalue weighted by Crippen LogP contribution is -2.17. The molecule has 0 amide bonds. The molecule has 0 N–H and O–H groups in total. The molecular weight excluding hydrogens is 300 g/mol. The van der Waals surface area contributed by atoms with Gasteiger partial charge in [0.1, 0.15) is 0 Å². The molecule has 4 nitrogen and oxygen atoms in total. The third-order valence-corrected chi connectivity index (χ3v) is 4.95. The molecule has 4 heteroatoms. The van der Waals surface area contributed by atoms with E-state index in [-0.39, 0.29) is 12.1 Å². The quantitative estimate of drug-likeness (QED) is 0.808. The summed E-state index contributed by atoms with van der Waals surface area (Å²) in [4.78, 5) is 16.7. The molecule has 4 rings (SSSR count). The van der Waals surface area contributed by atoms with Gasteiger partial charge < -0.3 is 14.5 Å². The number of carbonyl (C=O) groups is 1. The minimum absolute atomic E-state index is 0.215. The Kier molecular flexibility index (Phi) is 3.68. The SMILES string of the molecule is CN(C)c1ccc(C2OC(=O)c3cc(N4CCCC4)ccc32)cc1. The van der Waals surface area contributed by atoms with Crippen molar-refractivity contribution in [3.63, 3.8) is 0 Å². The molecule has 1 saturated heterocycles. The Morgan fingerprint density at radius 1 is 1.04 bits per heavy atom. The fourth-order valence-electron chi connectivity index (χ4n) is 3.55. The number of hydrogen-bond acceptors (Lipinski definition) is 4. The normalized spacial score (nSPS) is 19.3. The van der Waals surface area contributed by atoms with E-state index >= 15 is 0 Å². The number of hydrogen-bond donors (Lipinski definition) is 0. The molecule has 24 heavy (non-hydrogen) atoms. The van der Waals surface area contributed by atoms with Crippen molar-refractivity contribution in [1.82, 2.24) is 0 Å². The molecule has 0 aliphatic carbocycles. The molecule has 0 saturated carbocycles. The van der Waals surface area contributed by atoms with Gasteiger partial charge in [-0.15, -0.1) is 0 Å². The van der Waals surface area contributed by atoms with Crippen LogP contribution in [-0.4, -0.2) is 33.2 Å². The molecule has 1 unspecified atom stereocenters. The van der Waals surface area contributed by atoms with Crippen LogP contribution in [0.2, 0.25) is 0 Å². The largest absolute Gasteiger partial charge is 0.449 e. The van der Waals surface area contributed by atoms with Gasteiger partial charge in [-0.2, -0.15) is 0 Å². The van der Waals surface area contributed by atoms with Gasteiger partial charge in [-0.3, -0.25) is 0 Å². The number of cyclic esters (lactones) is 1. The first kappa shape index (κ1) is 15.1. The van der Waals surface area contributed by atoms with Crippen LogP contribution in [0.1, 0.15) is 40.4 Å². The second-order valence-electron chi connectivity index (χ2n) is 6.74. The van der Waals surface area contributed by atoms with Gasteiger partial charge in [-0.1, -0.05) is 18.2 Å². The Balaban J connectivity index is 1.65. The first-order valence-electron chi connectivity index (χ1n) is 8.50. The van der Waals surface area contributed by atoms with Crippen LogP contribution in [0, 0.1) is 0 Å².